The second-order valence-corrected chi connectivity index (χ2v) is 6.08. The second kappa shape index (κ2) is 7.61. The summed E-state index contributed by atoms with van der Waals surface area (Å²) in [5.74, 6) is -0.613. The monoisotopic (exact) mass is 328 g/mol. The molecule has 1 amide bonds. The fourth-order valence-electron chi connectivity index (χ4n) is 1.27. The van der Waals surface area contributed by atoms with Crippen LogP contribution in [0, 0.1) is 10.1 Å². The van der Waals surface area contributed by atoms with Gasteiger partial charge >= 0.3 is 0 Å². The zero-order valence-electron chi connectivity index (χ0n) is 12.1. The zero-order chi connectivity index (χ0) is 16.8. The van der Waals surface area contributed by atoms with E-state index in [1.165, 1.54) is 0 Å². The van der Waals surface area contributed by atoms with Crippen LogP contribution < -0.4 is 10.1 Å². The van der Waals surface area contributed by atoms with Gasteiger partial charge in [0, 0.05) is 17.8 Å². The number of rotatable bonds is 7. The molecule has 0 unspecified atom stereocenters. The molecule has 0 aromatic heterocycles. The molecule has 1 aromatic carbocycles. The van der Waals surface area contributed by atoms with Crippen LogP contribution in [0.5, 0.6) is 0 Å². The first-order valence-corrected chi connectivity index (χ1v) is 7.80. The van der Waals surface area contributed by atoms with Crippen molar-refractivity contribution in [2.45, 2.75) is 25.2 Å². The van der Waals surface area contributed by atoms with Gasteiger partial charge in [-0.25, -0.2) is 18.6 Å². The Balaban J connectivity index is 2.68. The summed E-state index contributed by atoms with van der Waals surface area (Å²) in [4.78, 5) is 21.2. The maximum absolute atomic E-state index is 11.9. The van der Waals surface area contributed by atoms with Gasteiger partial charge in [0.25, 0.3) is 11.6 Å². The molecule has 0 atom stereocenters. The lowest BCUT2D eigenvalue weighted by atomic mass is 10.3. The number of carbonyl (C=O) groups is 1. The molecule has 0 aliphatic carbocycles. The number of hydrogen-bond acceptors (Lipinski definition) is 6. The van der Waals surface area contributed by atoms with Crippen molar-refractivity contribution in [2.75, 3.05) is 6.54 Å². The van der Waals surface area contributed by atoms with Crippen molar-refractivity contribution in [3.05, 3.63) is 34.4 Å². The van der Waals surface area contributed by atoms with E-state index in [1.807, 2.05) is 6.92 Å². The van der Waals surface area contributed by atoms with Crippen LogP contribution in [0.2, 0.25) is 0 Å². The maximum Gasteiger partial charge on any atom is 0.269 e. The minimum atomic E-state index is -3.92. The van der Waals surface area contributed by atoms with E-state index in [2.05, 4.69) is 15.2 Å². The van der Waals surface area contributed by atoms with E-state index in [0.29, 0.717) is 12.1 Å². The van der Waals surface area contributed by atoms with Crippen molar-refractivity contribution in [1.82, 2.24) is 10.1 Å². The molecule has 10 heteroatoms. The van der Waals surface area contributed by atoms with Crippen LogP contribution in [0.1, 0.15) is 20.3 Å². The highest BCUT2D eigenvalue weighted by Gasteiger charge is 2.16. The molecule has 22 heavy (non-hydrogen) atoms. The number of hydrazone groups is 1. The van der Waals surface area contributed by atoms with Gasteiger partial charge in [0.2, 0.25) is 10.0 Å². The van der Waals surface area contributed by atoms with Crippen LogP contribution in [-0.2, 0) is 14.8 Å². The summed E-state index contributed by atoms with van der Waals surface area (Å²) in [7, 11) is -3.92. The summed E-state index contributed by atoms with van der Waals surface area (Å²) >= 11 is 0. The van der Waals surface area contributed by atoms with Crippen molar-refractivity contribution in [2.24, 2.45) is 5.10 Å². The minimum absolute atomic E-state index is 0.167. The first-order valence-electron chi connectivity index (χ1n) is 6.32. The molecule has 0 aliphatic heterocycles. The van der Waals surface area contributed by atoms with Gasteiger partial charge in [-0.05, 0) is 25.5 Å². The summed E-state index contributed by atoms with van der Waals surface area (Å²) in [5.41, 5.74) is 2.69. The van der Waals surface area contributed by atoms with Gasteiger partial charge in [0.05, 0.1) is 16.4 Å². The first kappa shape index (κ1) is 17.7. The van der Waals surface area contributed by atoms with Crippen LogP contribution in [0.25, 0.3) is 0 Å². The number of non-ortho nitro benzene ring substituents is 1. The van der Waals surface area contributed by atoms with E-state index < -0.39 is 27.4 Å². The number of benzene rings is 1. The number of nitro groups is 1. The normalized spacial score (nSPS) is 12.0. The Morgan fingerprint density at radius 3 is 2.41 bits per heavy atom. The number of nitrogens with zero attached hydrogens (tertiary/aromatic N) is 2. The predicted octanol–water partition coefficient (Wildman–Crippen LogP) is 0.775. The van der Waals surface area contributed by atoms with Crippen molar-refractivity contribution in [3.8, 4) is 0 Å². The van der Waals surface area contributed by atoms with Crippen molar-refractivity contribution < 1.29 is 18.1 Å². The number of sulfonamides is 1. The van der Waals surface area contributed by atoms with Crippen LogP contribution >= 0.6 is 0 Å². The third-order valence-corrected chi connectivity index (χ3v) is 4.08. The molecule has 0 saturated carbocycles. The smallest absolute Gasteiger partial charge is 0.269 e. The molecule has 0 aliphatic rings. The summed E-state index contributed by atoms with van der Waals surface area (Å²) < 4.78 is 25.9. The molecule has 0 heterocycles. The molecule has 9 nitrogen and oxygen atoms in total. The molecule has 0 saturated heterocycles. The highest BCUT2D eigenvalue weighted by Crippen LogP contribution is 2.15. The van der Waals surface area contributed by atoms with Gasteiger partial charge in [0.15, 0.2) is 0 Å². The molecule has 120 valence electrons. The fraction of sp³-hybridized carbons (Fsp3) is 0.333. The van der Waals surface area contributed by atoms with Crippen molar-refractivity contribution >= 4 is 27.3 Å². The fourth-order valence-corrected chi connectivity index (χ4v) is 2.25. The third kappa shape index (κ3) is 5.22. The van der Waals surface area contributed by atoms with E-state index in [1.54, 1.807) is 6.92 Å². The molecule has 1 rings (SSSR count). The predicted molar refractivity (Wildman–Crippen MR) is 79.8 cm³/mol. The second-order valence-electron chi connectivity index (χ2n) is 4.31. The topological polar surface area (TPSA) is 131 Å². The minimum Gasteiger partial charge on any atom is -0.272 e. The lowest BCUT2D eigenvalue weighted by Crippen LogP contribution is -2.35. The Morgan fingerprint density at radius 2 is 1.91 bits per heavy atom. The summed E-state index contributed by atoms with van der Waals surface area (Å²) in [5, 5.41) is 14.3. The molecule has 0 fully saturated rings. The number of nitrogens with one attached hydrogen (secondary N) is 2. The number of hydrogen-bond donors (Lipinski definition) is 2. The number of amides is 1. The Bertz CT molecular complexity index is 682. The number of carbonyl (C=O) groups excluding carboxylic acids is 1. The van der Waals surface area contributed by atoms with Crippen LogP contribution in [0.3, 0.4) is 0 Å². The lowest BCUT2D eigenvalue weighted by molar-refractivity contribution is -0.384. The lowest BCUT2D eigenvalue weighted by Gasteiger charge is -2.06. The van der Waals surface area contributed by atoms with Gasteiger partial charge in [-0.2, -0.15) is 5.10 Å². The Hall–Kier alpha value is -2.33. The zero-order valence-corrected chi connectivity index (χ0v) is 12.9. The van der Waals surface area contributed by atoms with E-state index >= 15 is 0 Å². The molecule has 0 spiro atoms. The van der Waals surface area contributed by atoms with E-state index in [0.717, 1.165) is 24.3 Å². The summed E-state index contributed by atoms with van der Waals surface area (Å²) in [6, 6.07) is 4.34. The van der Waals surface area contributed by atoms with Crippen LogP contribution in [-0.4, -0.2) is 31.5 Å². The van der Waals surface area contributed by atoms with Gasteiger partial charge in [0.1, 0.15) is 0 Å². The van der Waals surface area contributed by atoms with Crippen LogP contribution in [0.4, 0.5) is 5.69 Å². The molecule has 0 radical (unpaired) electrons. The molecular formula is C12H16N4O5S. The highest BCUT2D eigenvalue weighted by molar-refractivity contribution is 7.89. The summed E-state index contributed by atoms with van der Waals surface area (Å²) in [6.07, 6.45) is 0.662. The van der Waals surface area contributed by atoms with Crippen molar-refractivity contribution in [1.29, 1.82) is 0 Å². The quantitative estimate of drug-likeness (QED) is 0.434. The van der Waals surface area contributed by atoms with E-state index in [4.69, 9.17) is 0 Å². The third-order valence-electron chi connectivity index (χ3n) is 2.66. The van der Waals surface area contributed by atoms with E-state index in [-0.39, 0.29) is 10.6 Å². The van der Waals surface area contributed by atoms with Crippen molar-refractivity contribution in [3.63, 3.8) is 0 Å². The highest BCUT2D eigenvalue weighted by atomic mass is 32.2. The van der Waals surface area contributed by atoms with Gasteiger partial charge in [-0.3, -0.25) is 14.9 Å². The van der Waals surface area contributed by atoms with Crippen LogP contribution in [0.15, 0.2) is 34.3 Å². The molecule has 0 bridgehead atoms. The SMILES string of the molecule is CC/C(C)=N/NC(=O)CNS(=O)(=O)c1ccc([N+](=O)[O-])cc1. The maximum atomic E-state index is 11.9. The largest absolute Gasteiger partial charge is 0.272 e. The molecule has 2 N–H and O–H groups in total. The van der Waals surface area contributed by atoms with Gasteiger partial charge in [-0.1, -0.05) is 6.92 Å². The standard InChI is InChI=1S/C12H16N4O5S/c1-3-9(2)14-15-12(17)8-13-22(20,21)11-6-4-10(5-7-11)16(18)19/h4-7,13H,3,8H2,1-2H3,(H,15,17)/b14-9+. The first-order chi connectivity index (χ1) is 10.3. The summed E-state index contributed by atoms with van der Waals surface area (Å²) in [6.45, 7) is 3.10. The Kier molecular flexibility index (Phi) is 6.13. The molecule has 1 aromatic rings. The average Bonchev–Trinajstić information content (AvgIpc) is 2.50. The Labute approximate surface area is 127 Å². The van der Waals surface area contributed by atoms with E-state index in [9.17, 15) is 23.3 Å². The number of nitro benzene ring substituents is 1. The average molecular weight is 328 g/mol. The van der Waals surface area contributed by atoms with Gasteiger partial charge in [-0.15, -0.1) is 0 Å². The Morgan fingerprint density at radius 1 is 1.32 bits per heavy atom. The molecular weight excluding hydrogens is 312 g/mol. The van der Waals surface area contributed by atoms with Gasteiger partial charge < -0.3 is 0 Å².